The Labute approximate surface area is 66.0 Å². The summed E-state index contributed by atoms with van der Waals surface area (Å²) in [6, 6.07) is 0. The first kappa shape index (κ1) is 10.6. The van der Waals surface area contributed by atoms with E-state index < -0.39 is 6.17 Å². The highest BCUT2D eigenvalue weighted by atomic mass is 19.1. The van der Waals surface area contributed by atoms with Crippen LogP contribution in [-0.2, 0) is 4.74 Å². The topological polar surface area (TPSA) is 9.23 Å². The Morgan fingerprint density at radius 2 is 2.27 bits per heavy atom. The molecule has 1 unspecified atom stereocenters. The summed E-state index contributed by atoms with van der Waals surface area (Å²) >= 11 is 0. The van der Waals surface area contributed by atoms with Crippen molar-refractivity contribution < 1.29 is 13.5 Å². The summed E-state index contributed by atoms with van der Waals surface area (Å²) in [4.78, 5) is 0. The van der Waals surface area contributed by atoms with Crippen molar-refractivity contribution in [3.05, 3.63) is 19.3 Å². The summed E-state index contributed by atoms with van der Waals surface area (Å²) in [7, 11) is 0. The first-order chi connectivity index (χ1) is 5.31. The molecule has 0 heterocycles. The lowest BCUT2D eigenvalue weighted by Gasteiger charge is -2.04. The number of ether oxygens (including phenoxy) is 1. The van der Waals surface area contributed by atoms with Crippen LogP contribution in [-0.4, -0.2) is 19.4 Å². The van der Waals surface area contributed by atoms with Gasteiger partial charge in [-0.15, -0.1) is 0 Å². The number of hydrogen-bond donors (Lipinski definition) is 0. The summed E-state index contributed by atoms with van der Waals surface area (Å²) in [5.74, 6) is 0. The minimum atomic E-state index is -1.01. The van der Waals surface area contributed by atoms with Crippen molar-refractivity contribution >= 4 is 0 Å². The lowest BCUT2D eigenvalue weighted by Crippen LogP contribution is -2.09. The lowest BCUT2D eigenvalue weighted by atomic mass is 10.2. The Morgan fingerprint density at radius 1 is 1.55 bits per heavy atom. The average molecular weight is 163 g/mol. The molecular weight excluding hydrogens is 150 g/mol. The van der Waals surface area contributed by atoms with Crippen LogP contribution >= 0.6 is 0 Å². The first-order valence-electron chi connectivity index (χ1n) is 3.57. The monoisotopic (exact) mass is 163 g/mol. The third-order valence-corrected chi connectivity index (χ3v) is 1.18. The van der Waals surface area contributed by atoms with Gasteiger partial charge in [0.1, 0.15) is 6.17 Å². The molecule has 0 amide bonds. The maximum atomic E-state index is 12.6. The minimum absolute atomic E-state index is 0.0592. The van der Waals surface area contributed by atoms with Gasteiger partial charge < -0.3 is 4.74 Å². The molecule has 0 saturated heterocycles. The van der Waals surface area contributed by atoms with E-state index in [-0.39, 0.29) is 13.2 Å². The molecule has 3 heteroatoms. The van der Waals surface area contributed by atoms with Crippen LogP contribution in [0.15, 0.2) is 12.4 Å². The van der Waals surface area contributed by atoms with Crippen LogP contribution in [0, 0.1) is 6.92 Å². The van der Waals surface area contributed by atoms with Crippen LogP contribution in [0.1, 0.15) is 12.8 Å². The Kier molecular flexibility index (Phi) is 7.36. The summed E-state index contributed by atoms with van der Waals surface area (Å²) in [6.07, 6.45) is 1.43. The lowest BCUT2D eigenvalue weighted by molar-refractivity contribution is 0.0952. The molecule has 1 atom stereocenters. The standard InChI is InChI=1S/C8H13F2O/c1-2-11-7-8(10)5-3-4-6-9/h4,6,8H,1-3,5,7H2. The SMILES string of the molecule is [CH2]COCC(F)CCC=CF. The second-order valence-electron chi connectivity index (χ2n) is 2.11. The second-order valence-corrected chi connectivity index (χ2v) is 2.11. The summed E-state index contributed by atoms with van der Waals surface area (Å²) in [5, 5.41) is 0. The molecule has 0 aromatic rings. The molecule has 0 N–H and O–H groups in total. The van der Waals surface area contributed by atoms with E-state index in [0.29, 0.717) is 19.2 Å². The fourth-order valence-electron chi connectivity index (χ4n) is 0.635. The molecule has 0 saturated carbocycles. The van der Waals surface area contributed by atoms with Gasteiger partial charge in [-0.05, 0) is 19.8 Å². The van der Waals surface area contributed by atoms with Gasteiger partial charge in [-0.1, -0.05) is 6.08 Å². The third-order valence-electron chi connectivity index (χ3n) is 1.18. The third kappa shape index (κ3) is 7.46. The molecule has 0 aromatic carbocycles. The number of alkyl halides is 1. The number of hydrogen-bond acceptors (Lipinski definition) is 1. The van der Waals surface area contributed by atoms with Crippen LogP contribution < -0.4 is 0 Å². The Bertz CT molecular complexity index is 104. The van der Waals surface area contributed by atoms with Crippen molar-refractivity contribution in [2.75, 3.05) is 13.2 Å². The molecular formula is C8H13F2O. The van der Waals surface area contributed by atoms with E-state index in [4.69, 9.17) is 4.74 Å². The van der Waals surface area contributed by atoms with Crippen molar-refractivity contribution in [2.24, 2.45) is 0 Å². The van der Waals surface area contributed by atoms with Crippen LogP contribution in [0.5, 0.6) is 0 Å². The summed E-state index contributed by atoms with van der Waals surface area (Å²) in [5.41, 5.74) is 0. The van der Waals surface area contributed by atoms with Gasteiger partial charge in [-0.3, -0.25) is 0 Å². The largest absolute Gasteiger partial charge is 0.378 e. The van der Waals surface area contributed by atoms with E-state index in [0.717, 1.165) is 0 Å². The number of rotatable bonds is 6. The van der Waals surface area contributed by atoms with Crippen LogP contribution in [0.4, 0.5) is 8.78 Å². The van der Waals surface area contributed by atoms with E-state index in [1.807, 2.05) is 0 Å². The smallest absolute Gasteiger partial charge is 0.124 e. The zero-order valence-electron chi connectivity index (χ0n) is 6.43. The normalized spacial score (nSPS) is 14.1. The van der Waals surface area contributed by atoms with Crippen LogP contribution in [0.25, 0.3) is 0 Å². The van der Waals surface area contributed by atoms with Crippen molar-refractivity contribution in [1.82, 2.24) is 0 Å². The molecule has 0 aliphatic heterocycles. The molecule has 0 aliphatic carbocycles. The molecule has 0 aromatic heterocycles. The van der Waals surface area contributed by atoms with Gasteiger partial charge in [0.25, 0.3) is 0 Å². The fourth-order valence-corrected chi connectivity index (χ4v) is 0.635. The van der Waals surface area contributed by atoms with Gasteiger partial charge in [-0.2, -0.15) is 0 Å². The van der Waals surface area contributed by atoms with E-state index in [9.17, 15) is 8.78 Å². The van der Waals surface area contributed by atoms with Crippen molar-refractivity contribution in [3.63, 3.8) is 0 Å². The molecule has 1 nitrogen and oxygen atoms in total. The summed E-state index contributed by atoms with van der Waals surface area (Å²) < 4.78 is 28.7. The van der Waals surface area contributed by atoms with Crippen molar-refractivity contribution in [2.45, 2.75) is 19.0 Å². The average Bonchev–Trinajstić information content (AvgIpc) is 2.01. The quantitative estimate of drug-likeness (QED) is 0.584. The van der Waals surface area contributed by atoms with Gasteiger partial charge in [0.15, 0.2) is 0 Å². The Balaban J connectivity index is 3.15. The number of halogens is 2. The van der Waals surface area contributed by atoms with Crippen molar-refractivity contribution in [3.8, 4) is 0 Å². The predicted molar refractivity (Wildman–Crippen MR) is 40.6 cm³/mol. The van der Waals surface area contributed by atoms with E-state index >= 15 is 0 Å². The number of allylic oxidation sites excluding steroid dienone is 1. The predicted octanol–water partition coefficient (Wildman–Crippen LogP) is 2.44. The molecule has 0 aliphatic rings. The van der Waals surface area contributed by atoms with Gasteiger partial charge in [-0.25, -0.2) is 8.78 Å². The van der Waals surface area contributed by atoms with Gasteiger partial charge in [0, 0.05) is 6.61 Å². The highest BCUT2D eigenvalue weighted by molar-refractivity contribution is 4.73. The molecule has 0 fully saturated rings. The van der Waals surface area contributed by atoms with Gasteiger partial charge >= 0.3 is 0 Å². The van der Waals surface area contributed by atoms with Crippen LogP contribution in [0.3, 0.4) is 0 Å². The van der Waals surface area contributed by atoms with Gasteiger partial charge in [0.05, 0.1) is 12.9 Å². The molecule has 1 radical (unpaired) electrons. The zero-order chi connectivity index (χ0) is 8.53. The molecule has 11 heavy (non-hydrogen) atoms. The van der Waals surface area contributed by atoms with E-state index in [1.54, 1.807) is 0 Å². The molecule has 0 rings (SSSR count). The second kappa shape index (κ2) is 7.66. The molecule has 0 spiro atoms. The summed E-state index contributed by atoms with van der Waals surface area (Å²) in [6.45, 7) is 3.73. The maximum absolute atomic E-state index is 12.6. The highest BCUT2D eigenvalue weighted by Gasteiger charge is 2.03. The highest BCUT2D eigenvalue weighted by Crippen LogP contribution is 2.03. The molecule has 0 bridgehead atoms. The molecule has 65 valence electrons. The Hall–Kier alpha value is -0.440. The van der Waals surface area contributed by atoms with Crippen LogP contribution in [0.2, 0.25) is 0 Å². The van der Waals surface area contributed by atoms with E-state index in [2.05, 4.69) is 6.92 Å². The van der Waals surface area contributed by atoms with Crippen molar-refractivity contribution in [1.29, 1.82) is 0 Å². The Morgan fingerprint density at radius 3 is 2.82 bits per heavy atom. The minimum Gasteiger partial charge on any atom is -0.378 e. The van der Waals surface area contributed by atoms with Gasteiger partial charge in [0.2, 0.25) is 0 Å². The van der Waals surface area contributed by atoms with E-state index in [1.165, 1.54) is 6.08 Å². The fraction of sp³-hybridized carbons (Fsp3) is 0.625. The zero-order valence-corrected chi connectivity index (χ0v) is 6.43. The first-order valence-corrected chi connectivity index (χ1v) is 3.57. The maximum Gasteiger partial charge on any atom is 0.124 e.